The second kappa shape index (κ2) is 9.16. The molecule has 0 radical (unpaired) electrons. The van der Waals surface area contributed by atoms with Crippen molar-refractivity contribution in [2.45, 2.75) is 39.2 Å². The minimum absolute atomic E-state index is 0.175. The molecule has 5 nitrogen and oxygen atoms in total. The van der Waals surface area contributed by atoms with Gasteiger partial charge in [-0.3, -0.25) is 9.10 Å². The third-order valence-electron chi connectivity index (χ3n) is 4.32. The molecule has 152 valence electrons. The Hall–Kier alpha value is -1.76. The van der Waals surface area contributed by atoms with Crippen LogP contribution < -0.4 is 9.62 Å². The monoisotopic (exact) mass is 442 g/mol. The standard InChI is InChI=1S/C20H24Cl2N2O3S/c1-5-18(20(25)23-16-9-6-14(7-10-16)13(2)3)24(28(4,26)27)19-12-15(21)8-11-17(19)22/h6-13,18H,5H2,1-4H3,(H,23,25)/t18-/m0/s1. The van der Waals surface area contributed by atoms with E-state index in [9.17, 15) is 13.2 Å². The molecule has 0 saturated heterocycles. The number of nitrogens with one attached hydrogen (secondary N) is 1. The van der Waals surface area contributed by atoms with E-state index in [-0.39, 0.29) is 17.1 Å². The van der Waals surface area contributed by atoms with Crippen LogP contribution in [0.1, 0.15) is 38.7 Å². The fourth-order valence-corrected chi connectivity index (χ4v) is 4.51. The van der Waals surface area contributed by atoms with Crippen LogP contribution in [0.4, 0.5) is 11.4 Å². The van der Waals surface area contributed by atoms with Crippen LogP contribution in [0.25, 0.3) is 0 Å². The summed E-state index contributed by atoms with van der Waals surface area (Å²) >= 11 is 12.2. The van der Waals surface area contributed by atoms with Crippen molar-refractivity contribution in [1.82, 2.24) is 0 Å². The zero-order chi connectivity index (χ0) is 21.1. The van der Waals surface area contributed by atoms with Gasteiger partial charge in [0.25, 0.3) is 0 Å². The van der Waals surface area contributed by atoms with Crippen LogP contribution in [-0.4, -0.2) is 26.6 Å². The van der Waals surface area contributed by atoms with E-state index in [1.807, 2.05) is 12.1 Å². The van der Waals surface area contributed by atoms with Gasteiger partial charge in [-0.15, -0.1) is 0 Å². The van der Waals surface area contributed by atoms with E-state index in [4.69, 9.17) is 23.2 Å². The Labute approximate surface area is 176 Å². The van der Waals surface area contributed by atoms with Crippen molar-refractivity contribution < 1.29 is 13.2 Å². The predicted molar refractivity (Wildman–Crippen MR) is 117 cm³/mol. The van der Waals surface area contributed by atoms with Crippen molar-refractivity contribution >= 4 is 50.5 Å². The predicted octanol–water partition coefficient (Wildman–Crippen LogP) is 5.30. The summed E-state index contributed by atoms with van der Waals surface area (Å²) in [7, 11) is -3.79. The average molecular weight is 443 g/mol. The molecular weight excluding hydrogens is 419 g/mol. The number of benzene rings is 2. The van der Waals surface area contributed by atoms with Crippen LogP contribution in [-0.2, 0) is 14.8 Å². The molecule has 28 heavy (non-hydrogen) atoms. The lowest BCUT2D eigenvalue weighted by atomic mass is 10.0. The fraction of sp³-hybridized carbons (Fsp3) is 0.350. The first-order valence-corrected chi connectivity index (χ1v) is 11.5. The average Bonchev–Trinajstić information content (AvgIpc) is 2.61. The van der Waals surface area contributed by atoms with E-state index in [1.54, 1.807) is 25.1 Å². The van der Waals surface area contributed by atoms with Crippen molar-refractivity contribution in [3.8, 4) is 0 Å². The summed E-state index contributed by atoms with van der Waals surface area (Å²) in [4.78, 5) is 12.9. The first kappa shape index (κ1) is 22.5. The third-order valence-corrected chi connectivity index (χ3v) is 6.04. The second-order valence-electron chi connectivity index (χ2n) is 6.84. The van der Waals surface area contributed by atoms with Gasteiger partial charge in [0, 0.05) is 10.7 Å². The van der Waals surface area contributed by atoms with Gasteiger partial charge in [-0.05, 0) is 48.2 Å². The molecular formula is C20H24Cl2N2O3S. The lowest BCUT2D eigenvalue weighted by molar-refractivity contribution is -0.117. The highest BCUT2D eigenvalue weighted by Gasteiger charge is 2.33. The summed E-state index contributed by atoms with van der Waals surface area (Å²) in [6.45, 7) is 5.90. The largest absolute Gasteiger partial charge is 0.324 e. The summed E-state index contributed by atoms with van der Waals surface area (Å²) in [6, 6.07) is 11.0. The molecule has 0 saturated carbocycles. The van der Waals surface area contributed by atoms with E-state index in [2.05, 4.69) is 19.2 Å². The third kappa shape index (κ3) is 5.40. The number of sulfonamides is 1. The number of halogens is 2. The maximum Gasteiger partial charge on any atom is 0.248 e. The lowest BCUT2D eigenvalue weighted by Crippen LogP contribution is -2.47. The van der Waals surface area contributed by atoms with Crippen molar-refractivity contribution in [1.29, 1.82) is 0 Å². The SMILES string of the molecule is CC[C@@H](C(=O)Nc1ccc(C(C)C)cc1)N(c1cc(Cl)ccc1Cl)S(C)(=O)=O. The normalized spacial score (nSPS) is 12.7. The number of anilines is 2. The molecule has 0 unspecified atom stereocenters. The van der Waals surface area contributed by atoms with Crippen LogP contribution in [0, 0.1) is 0 Å². The van der Waals surface area contributed by atoms with Crippen LogP contribution >= 0.6 is 23.2 Å². The van der Waals surface area contributed by atoms with Gasteiger partial charge in [-0.2, -0.15) is 0 Å². The molecule has 1 amide bonds. The first-order chi connectivity index (χ1) is 13.0. The Morgan fingerprint density at radius 1 is 1.11 bits per heavy atom. The molecule has 0 fully saturated rings. The molecule has 0 bridgehead atoms. The molecule has 8 heteroatoms. The van der Waals surface area contributed by atoms with Crippen molar-refractivity contribution in [3.05, 3.63) is 58.1 Å². The van der Waals surface area contributed by atoms with Gasteiger partial charge in [-0.25, -0.2) is 8.42 Å². The summed E-state index contributed by atoms with van der Waals surface area (Å²) < 4.78 is 26.1. The minimum atomic E-state index is -3.79. The Bertz CT molecular complexity index is 944. The molecule has 0 aliphatic rings. The highest BCUT2D eigenvalue weighted by atomic mass is 35.5. The van der Waals surface area contributed by atoms with Crippen molar-refractivity contribution in [2.75, 3.05) is 15.9 Å². The molecule has 0 aliphatic heterocycles. The number of hydrogen-bond donors (Lipinski definition) is 1. The minimum Gasteiger partial charge on any atom is -0.324 e. The van der Waals surface area contributed by atoms with Gasteiger partial charge in [0.05, 0.1) is 17.0 Å². The second-order valence-corrected chi connectivity index (χ2v) is 9.55. The maximum absolute atomic E-state index is 12.9. The summed E-state index contributed by atoms with van der Waals surface area (Å²) in [5.41, 5.74) is 1.92. The molecule has 1 atom stereocenters. The Kier molecular flexibility index (Phi) is 7.37. The topological polar surface area (TPSA) is 66.5 Å². The van der Waals surface area contributed by atoms with E-state index in [1.165, 1.54) is 12.1 Å². The number of hydrogen-bond acceptors (Lipinski definition) is 3. The van der Waals surface area contributed by atoms with Gasteiger partial charge in [0.15, 0.2) is 0 Å². The van der Waals surface area contributed by atoms with Crippen LogP contribution in [0.15, 0.2) is 42.5 Å². The van der Waals surface area contributed by atoms with E-state index >= 15 is 0 Å². The van der Waals surface area contributed by atoms with Gasteiger partial charge < -0.3 is 5.32 Å². The Balaban J connectivity index is 2.38. The molecule has 2 aromatic rings. The van der Waals surface area contributed by atoms with Gasteiger partial charge in [-0.1, -0.05) is 56.1 Å². The number of carbonyl (C=O) groups is 1. The lowest BCUT2D eigenvalue weighted by Gasteiger charge is -2.30. The van der Waals surface area contributed by atoms with E-state index < -0.39 is 22.0 Å². The molecule has 2 rings (SSSR count). The fourth-order valence-electron chi connectivity index (χ4n) is 2.87. The highest BCUT2D eigenvalue weighted by Crippen LogP contribution is 2.33. The summed E-state index contributed by atoms with van der Waals surface area (Å²) in [6.07, 6.45) is 1.30. The number of carbonyl (C=O) groups excluding carboxylic acids is 1. The highest BCUT2D eigenvalue weighted by molar-refractivity contribution is 7.92. The Morgan fingerprint density at radius 2 is 1.71 bits per heavy atom. The van der Waals surface area contributed by atoms with Gasteiger partial charge in [0.2, 0.25) is 15.9 Å². The zero-order valence-electron chi connectivity index (χ0n) is 16.2. The smallest absolute Gasteiger partial charge is 0.248 e. The van der Waals surface area contributed by atoms with Gasteiger partial charge in [0.1, 0.15) is 6.04 Å². The van der Waals surface area contributed by atoms with Crippen LogP contribution in [0.5, 0.6) is 0 Å². The molecule has 1 N–H and O–H groups in total. The molecule has 2 aromatic carbocycles. The quantitative estimate of drug-likeness (QED) is 0.632. The number of amides is 1. The van der Waals surface area contributed by atoms with Crippen LogP contribution in [0.3, 0.4) is 0 Å². The molecule has 0 heterocycles. The van der Waals surface area contributed by atoms with Crippen LogP contribution in [0.2, 0.25) is 10.0 Å². The molecule has 0 aromatic heterocycles. The number of nitrogens with zero attached hydrogens (tertiary/aromatic N) is 1. The van der Waals surface area contributed by atoms with Crippen molar-refractivity contribution in [3.63, 3.8) is 0 Å². The van der Waals surface area contributed by atoms with E-state index in [0.717, 1.165) is 16.1 Å². The molecule has 0 aliphatic carbocycles. The van der Waals surface area contributed by atoms with Crippen molar-refractivity contribution in [2.24, 2.45) is 0 Å². The Morgan fingerprint density at radius 3 is 2.21 bits per heavy atom. The zero-order valence-corrected chi connectivity index (χ0v) is 18.6. The van der Waals surface area contributed by atoms with E-state index in [0.29, 0.717) is 16.6 Å². The van der Waals surface area contributed by atoms with Gasteiger partial charge >= 0.3 is 0 Å². The summed E-state index contributed by atoms with van der Waals surface area (Å²) in [5.74, 6) is -0.0693. The maximum atomic E-state index is 12.9. The summed E-state index contributed by atoms with van der Waals surface area (Å²) in [5, 5.41) is 3.32. The first-order valence-electron chi connectivity index (χ1n) is 8.89. The number of rotatable bonds is 7. The molecule has 0 spiro atoms.